The number of aromatic amines is 1. The SMILES string of the molecule is O=c1[nH]c(C=Cc2ccc(N(c3ccccc3)c3ccccc3)cc2)nc2sc3c(c12)CCCC3. The van der Waals surface area contributed by atoms with Crippen LogP contribution >= 0.6 is 11.3 Å². The zero-order valence-corrected chi connectivity index (χ0v) is 20.1. The standard InChI is InChI=1S/C30H25N3OS/c34-29-28-25-13-7-8-14-26(25)35-30(28)32-27(31-29)20-17-21-15-18-24(19-16-21)33(22-9-3-1-4-10-22)23-11-5-2-6-12-23/h1-6,9-12,15-20H,7-8,13-14H2,(H,31,32,34). The van der Waals surface area contributed by atoms with Gasteiger partial charge in [0.25, 0.3) is 5.56 Å². The number of nitrogens with one attached hydrogen (secondary N) is 1. The predicted molar refractivity (Wildman–Crippen MR) is 147 cm³/mol. The molecule has 0 fully saturated rings. The van der Waals surface area contributed by atoms with E-state index in [1.807, 2.05) is 24.3 Å². The molecule has 0 aliphatic heterocycles. The maximum Gasteiger partial charge on any atom is 0.260 e. The molecule has 0 bridgehead atoms. The Balaban J connectivity index is 1.29. The molecule has 0 saturated carbocycles. The van der Waals surface area contributed by atoms with Gasteiger partial charge in [-0.25, -0.2) is 4.98 Å². The van der Waals surface area contributed by atoms with E-state index in [0.29, 0.717) is 5.82 Å². The molecular formula is C30H25N3OS. The number of benzene rings is 3. The molecule has 35 heavy (non-hydrogen) atoms. The minimum atomic E-state index is -0.0224. The van der Waals surface area contributed by atoms with E-state index >= 15 is 0 Å². The van der Waals surface area contributed by atoms with Gasteiger partial charge in [-0.1, -0.05) is 54.6 Å². The summed E-state index contributed by atoms with van der Waals surface area (Å²) in [6.07, 6.45) is 8.30. The molecule has 0 unspecified atom stereocenters. The van der Waals surface area contributed by atoms with Crippen molar-refractivity contribution in [3.8, 4) is 0 Å². The molecule has 6 rings (SSSR count). The van der Waals surface area contributed by atoms with Crippen molar-refractivity contribution in [2.75, 3.05) is 4.90 Å². The Bertz CT molecular complexity index is 1510. The lowest BCUT2D eigenvalue weighted by molar-refractivity contribution is 0.700. The average Bonchev–Trinajstić information content (AvgIpc) is 3.29. The van der Waals surface area contributed by atoms with Crippen molar-refractivity contribution in [1.82, 2.24) is 9.97 Å². The average molecular weight is 476 g/mol. The third-order valence-corrected chi connectivity index (χ3v) is 7.64. The van der Waals surface area contributed by atoms with E-state index in [0.717, 1.165) is 52.1 Å². The molecule has 0 spiro atoms. The number of aryl methyl sites for hydroxylation is 2. The molecule has 5 heteroatoms. The van der Waals surface area contributed by atoms with Crippen LogP contribution in [0.2, 0.25) is 0 Å². The van der Waals surface area contributed by atoms with Gasteiger partial charge < -0.3 is 9.88 Å². The fourth-order valence-electron chi connectivity index (χ4n) is 4.77. The molecule has 4 nitrogen and oxygen atoms in total. The first-order valence-corrected chi connectivity index (χ1v) is 12.8. The second-order valence-corrected chi connectivity index (χ2v) is 9.86. The molecule has 3 aromatic carbocycles. The summed E-state index contributed by atoms with van der Waals surface area (Å²) in [6.45, 7) is 0. The lowest BCUT2D eigenvalue weighted by Gasteiger charge is -2.25. The van der Waals surface area contributed by atoms with Crippen LogP contribution in [0.3, 0.4) is 0 Å². The normalized spacial score (nSPS) is 13.3. The number of thiophene rings is 1. The van der Waals surface area contributed by atoms with Crippen molar-refractivity contribution in [3.05, 3.63) is 117 Å². The molecule has 1 aliphatic carbocycles. The first-order valence-electron chi connectivity index (χ1n) is 12.0. The summed E-state index contributed by atoms with van der Waals surface area (Å²) in [5, 5.41) is 0.799. The third-order valence-electron chi connectivity index (χ3n) is 6.46. The van der Waals surface area contributed by atoms with E-state index < -0.39 is 0 Å². The smallest absolute Gasteiger partial charge is 0.260 e. The minimum Gasteiger partial charge on any atom is -0.311 e. The molecule has 0 saturated heterocycles. The quantitative estimate of drug-likeness (QED) is 0.286. The monoisotopic (exact) mass is 475 g/mol. The zero-order chi connectivity index (χ0) is 23.6. The molecule has 172 valence electrons. The number of anilines is 3. The highest BCUT2D eigenvalue weighted by Crippen LogP contribution is 2.35. The maximum atomic E-state index is 12.8. The van der Waals surface area contributed by atoms with E-state index in [4.69, 9.17) is 4.98 Å². The molecule has 1 N–H and O–H groups in total. The second kappa shape index (κ2) is 9.35. The molecule has 0 amide bonds. The lowest BCUT2D eigenvalue weighted by atomic mass is 9.97. The summed E-state index contributed by atoms with van der Waals surface area (Å²) < 4.78 is 0. The molecule has 0 radical (unpaired) electrons. The van der Waals surface area contributed by atoms with Crippen LogP contribution in [0.5, 0.6) is 0 Å². The molecule has 2 heterocycles. The number of fused-ring (bicyclic) bond motifs is 3. The fraction of sp³-hybridized carbons (Fsp3) is 0.133. The number of H-pyrrole nitrogens is 1. The Morgan fingerprint density at radius 3 is 2.09 bits per heavy atom. The van der Waals surface area contributed by atoms with E-state index in [2.05, 4.69) is 82.7 Å². The third kappa shape index (κ3) is 4.31. The summed E-state index contributed by atoms with van der Waals surface area (Å²) >= 11 is 1.68. The fourth-order valence-corrected chi connectivity index (χ4v) is 6.04. The highest BCUT2D eigenvalue weighted by Gasteiger charge is 2.19. The molecule has 0 atom stereocenters. The van der Waals surface area contributed by atoms with Gasteiger partial charge in [0.2, 0.25) is 0 Å². The summed E-state index contributed by atoms with van der Waals surface area (Å²) in [5.74, 6) is 0.598. The topological polar surface area (TPSA) is 49.0 Å². The second-order valence-electron chi connectivity index (χ2n) is 8.77. The molecule has 2 aromatic heterocycles. The minimum absolute atomic E-state index is 0.0224. The Kier molecular flexibility index (Phi) is 5.76. The molecule has 1 aliphatic rings. The van der Waals surface area contributed by atoms with Gasteiger partial charge in [0.05, 0.1) is 5.39 Å². The van der Waals surface area contributed by atoms with Crippen molar-refractivity contribution in [1.29, 1.82) is 0 Å². The number of nitrogens with zero attached hydrogens (tertiary/aromatic N) is 2. The number of rotatable bonds is 5. The van der Waals surface area contributed by atoms with Gasteiger partial charge in [-0.05, 0) is 79.3 Å². The van der Waals surface area contributed by atoms with Gasteiger partial charge in [0.1, 0.15) is 10.7 Å². The van der Waals surface area contributed by atoms with Crippen molar-refractivity contribution in [2.45, 2.75) is 25.7 Å². The van der Waals surface area contributed by atoms with E-state index in [1.165, 1.54) is 16.9 Å². The zero-order valence-electron chi connectivity index (χ0n) is 19.3. The highest BCUT2D eigenvalue weighted by molar-refractivity contribution is 7.18. The summed E-state index contributed by atoms with van der Waals surface area (Å²) in [5.41, 5.74) is 5.54. The maximum absolute atomic E-state index is 12.8. The lowest BCUT2D eigenvalue weighted by Crippen LogP contribution is -2.11. The van der Waals surface area contributed by atoms with Crippen LogP contribution < -0.4 is 10.5 Å². The summed E-state index contributed by atoms with van der Waals surface area (Å²) in [4.78, 5) is 25.0. The Hall–Kier alpha value is -3.96. The Morgan fingerprint density at radius 1 is 0.771 bits per heavy atom. The van der Waals surface area contributed by atoms with Crippen molar-refractivity contribution >= 4 is 50.8 Å². The van der Waals surface area contributed by atoms with Gasteiger partial charge in [0.15, 0.2) is 0 Å². The number of aromatic nitrogens is 2. The van der Waals surface area contributed by atoms with Crippen LogP contribution in [0.1, 0.15) is 34.7 Å². The number of hydrogen-bond donors (Lipinski definition) is 1. The van der Waals surface area contributed by atoms with Gasteiger partial charge in [-0.15, -0.1) is 11.3 Å². The van der Waals surface area contributed by atoms with Crippen LogP contribution in [0.15, 0.2) is 89.7 Å². The summed E-state index contributed by atoms with van der Waals surface area (Å²) in [7, 11) is 0. The van der Waals surface area contributed by atoms with Crippen LogP contribution in [0.4, 0.5) is 17.1 Å². The number of para-hydroxylation sites is 2. The van der Waals surface area contributed by atoms with Gasteiger partial charge in [0, 0.05) is 21.9 Å². The van der Waals surface area contributed by atoms with Crippen molar-refractivity contribution in [3.63, 3.8) is 0 Å². The Labute approximate surface area is 208 Å². The number of hydrogen-bond acceptors (Lipinski definition) is 4. The van der Waals surface area contributed by atoms with Crippen molar-refractivity contribution in [2.24, 2.45) is 0 Å². The molecular weight excluding hydrogens is 450 g/mol. The van der Waals surface area contributed by atoms with Crippen LogP contribution in [0, 0.1) is 0 Å². The Morgan fingerprint density at radius 2 is 1.40 bits per heavy atom. The van der Waals surface area contributed by atoms with Crippen molar-refractivity contribution < 1.29 is 0 Å². The molecule has 5 aromatic rings. The van der Waals surface area contributed by atoms with Gasteiger partial charge >= 0.3 is 0 Å². The van der Waals surface area contributed by atoms with Crippen LogP contribution in [0.25, 0.3) is 22.4 Å². The van der Waals surface area contributed by atoms with E-state index in [-0.39, 0.29) is 5.56 Å². The van der Waals surface area contributed by atoms with E-state index in [1.54, 1.807) is 11.3 Å². The van der Waals surface area contributed by atoms with E-state index in [9.17, 15) is 4.79 Å². The highest BCUT2D eigenvalue weighted by atomic mass is 32.1. The largest absolute Gasteiger partial charge is 0.311 e. The first kappa shape index (κ1) is 21.6. The van der Waals surface area contributed by atoms with Gasteiger partial charge in [-0.3, -0.25) is 4.79 Å². The van der Waals surface area contributed by atoms with Gasteiger partial charge in [-0.2, -0.15) is 0 Å². The van der Waals surface area contributed by atoms with Crippen LogP contribution in [-0.4, -0.2) is 9.97 Å². The summed E-state index contributed by atoms with van der Waals surface area (Å²) in [6, 6.07) is 29.1. The first-order chi connectivity index (χ1) is 17.3. The van der Waals surface area contributed by atoms with Crippen LogP contribution in [-0.2, 0) is 12.8 Å². The predicted octanol–water partition coefficient (Wildman–Crippen LogP) is 7.50.